The topological polar surface area (TPSA) is 128 Å². The van der Waals surface area contributed by atoms with E-state index in [1.807, 2.05) is 30.3 Å². The molecule has 0 radical (unpaired) electrons. The quantitative estimate of drug-likeness (QED) is 0.582. The van der Waals surface area contributed by atoms with E-state index in [4.69, 9.17) is 15.2 Å². The number of amides is 3. The molecule has 0 spiro atoms. The van der Waals surface area contributed by atoms with Crippen molar-refractivity contribution in [2.24, 2.45) is 11.7 Å². The van der Waals surface area contributed by atoms with E-state index >= 15 is 0 Å². The Morgan fingerprint density at radius 2 is 1.90 bits per heavy atom. The molecule has 0 saturated carbocycles. The van der Waals surface area contributed by atoms with E-state index in [2.05, 4.69) is 5.32 Å². The number of nitrogens with two attached hydrogens (primary N) is 1. The van der Waals surface area contributed by atoms with Crippen molar-refractivity contribution in [3.8, 4) is 0 Å². The fourth-order valence-corrected chi connectivity index (χ4v) is 3.31. The summed E-state index contributed by atoms with van der Waals surface area (Å²) in [6.45, 7) is 3.99. The van der Waals surface area contributed by atoms with Gasteiger partial charge in [0.2, 0.25) is 11.8 Å². The first-order chi connectivity index (χ1) is 14.3. The second-order valence-corrected chi connectivity index (χ2v) is 7.24. The first-order valence-corrected chi connectivity index (χ1v) is 10.1. The van der Waals surface area contributed by atoms with Gasteiger partial charge in [0.05, 0.1) is 12.5 Å². The number of nitrogens with one attached hydrogen (secondary N) is 1. The molecule has 1 saturated heterocycles. The Balaban J connectivity index is 1.94. The third-order valence-electron chi connectivity index (χ3n) is 4.93. The predicted molar refractivity (Wildman–Crippen MR) is 108 cm³/mol. The summed E-state index contributed by atoms with van der Waals surface area (Å²) in [7, 11) is 0. The van der Waals surface area contributed by atoms with E-state index in [-0.39, 0.29) is 19.6 Å². The average Bonchev–Trinajstić information content (AvgIpc) is 3.22. The van der Waals surface area contributed by atoms with E-state index in [0.29, 0.717) is 19.4 Å². The lowest BCUT2D eigenvalue weighted by Crippen LogP contribution is -2.53. The summed E-state index contributed by atoms with van der Waals surface area (Å²) in [6.07, 6.45) is 0.516. The van der Waals surface area contributed by atoms with E-state index in [1.165, 1.54) is 4.90 Å². The zero-order valence-electron chi connectivity index (χ0n) is 17.3. The normalized spacial score (nSPS) is 17.7. The van der Waals surface area contributed by atoms with Gasteiger partial charge in [-0.1, -0.05) is 37.3 Å². The van der Waals surface area contributed by atoms with Crippen LogP contribution in [0.5, 0.6) is 0 Å². The number of hydrogen-bond acceptors (Lipinski definition) is 6. The molecule has 1 aliphatic rings. The van der Waals surface area contributed by atoms with Crippen LogP contribution in [0, 0.1) is 5.92 Å². The van der Waals surface area contributed by atoms with Crippen LogP contribution in [0.4, 0.5) is 4.79 Å². The Morgan fingerprint density at radius 1 is 1.20 bits per heavy atom. The second kappa shape index (κ2) is 11.2. The Bertz CT molecular complexity index is 754. The van der Waals surface area contributed by atoms with Gasteiger partial charge in [-0.15, -0.1) is 0 Å². The van der Waals surface area contributed by atoms with Crippen molar-refractivity contribution in [1.82, 2.24) is 10.2 Å². The number of primary amides is 1. The number of rotatable bonds is 9. The Kier molecular flexibility index (Phi) is 8.64. The molecule has 1 aromatic rings. The number of carbonyl (C=O) groups excluding carboxylic acids is 4. The van der Waals surface area contributed by atoms with Crippen molar-refractivity contribution in [1.29, 1.82) is 0 Å². The van der Waals surface area contributed by atoms with Crippen LogP contribution in [-0.2, 0) is 30.5 Å². The van der Waals surface area contributed by atoms with Crippen LogP contribution in [0.1, 0.15) is 38.7 Å². The van der Waals surface area contributed by atoms with Crippen LogP contribution < -0.4 is 11.1 Å². The van der Waals surface area contributed by atoms with Crippen molar-refractivity contribution in [2.45, 2.75) is 51.8 Å². The summed E-state index contributed by atoms with van der Waals surface area (Å²) < 4.78 is 10.2. The van der Waals surface area contributed by atoms with Gasteiger partial charge >= 0.3 is 12.1 Å². The molecule has 1 aromatic carbocycles. The first-order valence-electron chi connectivity index (χ1n) is 10.1. The molecule has 9 nitrogen and oxygen atoms in total. The van der Waals surface area contributed by atoms with Gasteiger partial charge in [0, 0.05) is 6.54 Å². The second-order valence-electron chi connectivity index (χ2n) is 7.24. The van der Waals surface area contributed by atoms with Gasteiger partial charge in [-0.25, -0.2) is 4.79 Å². The first kappa shape index (κ1) is 23.2. The molecular formula is C21H29N3O6. The molecule has 3 N–H and O–H groups in total. The molecule has 164 valence electrons. The van der Waals surface area contributed by atoms with Crippen LogP contribution in [-0.4, -0.2) is 54.0 Å². The van der Waals surface area contributed by atoms with Crippen LogP contribution >= 0.6 is 0 Å². The third kappa shape index (κ3) is 6.47. The molecule has 9 heteroatoms. The molecule has 30 heavy (non-hydrogen) atoms. The summed E-state index contributed by atoms with van der Waals surface area (Å²) in [6, 6.07) is 7.43. The number of esters is 1. The minimum atomic E-state index is -1.04. The molecule has 1 fully saturated rings. The summed E-state index contributed by atoms with van der Waals surface area (Å²) in [4.78, 5) is 50.2. The predicted octanol–water partition coefficient (Wildman–Crippen LogP) is 1.35. The van der Waals surface area contributed by atoms with Crippen LogP contribution in [0.25, 0.3) is 0 Å². The van der Waals surface area contributed by atoms with Gasteiger partial charge in [-0.3, -0.25) is 19.3 Å². The minimum Gasteiger partial charge on any atom is -0.466 e. The molecule has 3 atom stereocenters. The molecule has 0 aliphatic carbocycles. The highest BCUT2D eigenvalue weighted by Gasteiger charge is 2.37. The van der Waals surface area contributed by atoms with Gasteiger partial charge < -0.3 is 20.5 Å². The van der Waals surface area contributed by atoms with Crippen molar-refractivity contribution in [2.75, 3.05) is 13.2 Å². The summed E-state index contributed by atoms with van der Waals surface area (Å²) in [5.74, 6) is -2.33. The number of hydrogen-bond donors (Lipinski definition) is 2. The van der Waals surface area contributed by atoms with Gasteiger partial charge in [0.25, 0.3) is 0 Å². The van der Waals surface area contributed by atoms with Crippen molar-refractivity contribution in [3.63, 3.8) is 0 Å². The van der Waals surface area contributed by atoms with E-state index in [0.717, 1.165) is 5.56 Å². The summed E-state index contributed by atoms with van der Waals surface area (Å²) in [5.41, 5.74) is 6.24. The largest absolute Gasteiger partial charge is 0.466 e. The monoisotopic (exact) mass is 419 g/mol. The smallest absolute Gasteiger partial charge is 0.410 e. The van der Waals surface area contributed by atoms with Crippen molar-refractivity contribution < 1.29 is 28.7 Å². The number of benzene rings is 1. The number of likely N-dealkylation sites (tertiary alicyclic amines) is 1. The van der Waals surface area contributed by atoms with Gasteiger partial charge in [-0.2, -0.15) is 0 Å². The average molecular weight is 419 g/mol. The lowest BCUT2D eigenvalue weighted by Gasteiger charge is -2.26. The maximum Gasteiger partial charge on any atom is 0.410 e. The highest BCUT2D eigenvalue weighted by molar-refractivity contribution is 5.91. The minimum absolute atomic E-state index is 0.0189. The summed E-state index contributed by atoms with van der Waals surface area (Å²) in [5, 5.41) is 2.57. The van der Waals surface area contributed by atoms with Crippen LogP contribution in [0.15, 0.2) is 30.3 Å². The standard InChI is InChI=1S/C21H29N3O6/c1-3-29-20(27)14(2)12-16(18(22)25)23-19(26)17-10-7-11-24(17)21(28)30-13-15-8-5-4-6-9-15/h4-6,8-9,14,16-17H,3,7,10-13H2,1-2H3,(H2,22,25)(H,23,26)/t14-,16-,17-/m1/s1. The van der Waals surface area contributed by atoms with Crippen LogP contribution in [0.3, 0.4) is 0 Å². The SMILES string of the molecule is CCOC(=O)[C@H](C)C[C@@H](NC(=O)[C@H]1CCCN1C(=O)OCc1ccccc1)C(N)=O. The maximum atomic E-state index is 12.7. The summed E-state index contributed by atoms with van der Waals surface area (Å²) >= 11 is 0. The lowest BCUT2D eigenvalue weighted by molar-refractivity contribution is -0.148. The molecular weight excluding hydrogens is 390 g/mol. The number of nitrogens with zero attached hydrogens (tertiary/aromatic N) is 1. The van der Waals surface area contributed by atoms with Gasteiger partial charge in [0.15, 0.2) is 0 Å². The molecule has 0 bridgehead atoms. The lowest BCUT2D eigenvalue weighted by atomic mass is 10.0. The molecule has 0 aromatic heterocycles. The highest BCUT2D eigenvalue weighted by Crippen LogP contribution is 2.20. The molecule has 3 amide bonds. The van der Waals surface area contributed by atoms with Crippen LogP contribution in [0.2, 0.25) is 0 Å². The Labute approximate surface area is 175 Å². The Hall–Kier alpha value is -3.10. The molecule has 0 unspecified atom stereocenters. The fraction of sp³-hybridized carbons (Fsp3) is 0.524. The maximum absolute atomic E-state index is 12.7. The molecule has 1 aliphatic heterocycles. The zero-order valence-corrected chi connectivity index (χ0v) is 17.3. The third-order valence-corrected chi connectivity index (χ3v) is 4.93. The number of ether oxygens (including phenoxy) is 2. The zero-order chi connectivity index (χ0) is 22.1. The van der Waals surface area contributed by atoms with E-state index < -0.39 is 41.9 Å². The van der Waals surface area contributed by atoms with E-state index in [9.17, 15) is 19.2 Å². The fourth-order valence-electron chi connectivity index (χ4n) is 3.31. The van der Waals surface area contributed by atoms with Gasteiger partial charge in [-0.05, 0) is 31.7 Å². The van der Waals surface area contributed by atoms with Crippen molar-refractivity contribution >= 4 is 23.9 Å². The van der Waals surface area contributed by atoms with Gasteiger partial charge in [0.1, 0.15) is 18.7 Å². The number of carbonyl (C=O) groups is 4. The van der Waals surface area contributed by atoms with Crippen molar-refractivity contribution in [3.05, 3.63) is 35.9 Å². The Morgan fingerprint density at radius 3 is 2.53 bits per heavy atom. The highest BCUT2D eigenvalue weighted by atomic mass is 16.6. The molecule has 1 heterocycles. The van der Waals surface area contributed by atoms with E-state index in [1.54, 1.807) is 13.8 Å². The molecule has 2 rings (SSSR count).